The molecule has 1 amide bonds. The Balaban J connectivity index is 1.88. The van der Waals surface area contributed by atoms with Crippen molar-refractivity contribution in [3.8, 4) is 0 Å². The lowest BCUT2D eigenvalue weighted by molar-refractivity contribution is -0.154. The van der Waals surface area contributed by atoms with Crippen molar-refractivity contribution in [2.75, 3.05) is 19.8 Å². The average molecular weight is 312 g/mol. The van der Waals surface area contributed by atoms with Gasteiger partial charge in [0, 0.05) is 25.1 Å². The smallest absolute Gasteiger partial charge is 0.311 e. The van der Waals surface area contributed by atoms with Gasteiger partial charge in [-0.25, -0.2) is 4.98 Å². The van der Waals surface area contributed by atoms with Crippen LogP contribution < -0.4 is 5.32 Å². The summed E-state index contributed by atoms with van der Waals surface area (Å²) in [7, 11) is 0. The van der Waals surface area contributed by atoms with Crippen LogP contribution in [0, 0.1) is 5.41 Å². The van der Waals surface area contributed by atoms with E-state index in [1.165, 1.54) is 0 Å². The number of amides is 1. The number of ether oxygens (including phenoxy) is 1. The standard InChI is InChI=1S/C14H20N2O4S/c1-2-12-16-10(8-21-12)7-11(17)15-9-14(13(18)19)3-5-20-6-4-14/h8H,2-7,9H2,1H3,(H,15,17)(H,18,19). The highest BCUT2D eigenvalue weighted by Gasteiger charge is 2.40. The number of aromatic nitrogens is 1. The Morgan fingerprint density at radius 3 is 2.76 bits per heavy atom. The molecule has 1 aromatic heterocycles. The van der Waals surface area contributed by atoms with E-state index >= 15 is 0 Å². The maximum absolute atomic E-state index is 11.9. The predicted octanol–water partition coefficient (Wildman–Crippen LogP) is 1.25. The Labute approximate surface area is 127 Å². The van der Waals surface area contributed by atoms with Gasteiger partial charge in [0.05, 0.1) is 22.5 Å². The summed E-state index contributed by atoms with van der Waals surface area (Å²) in [4.78, 5) is 27.8. The second-order valence-electron chi connectivity index (χ2n) is 5.24. The van der Waals surface area contributed by atoms with Crippen LogP contribution >= 0.6 is 11.3 Å². The first kappa shape index (κ1) is 15.9. The van der Waals surface area contributed by atoms with Gasteiger partial charge in [-0.05, 0) is 19.3 Å². The van der Waals surface area contributed by atoms with E-state index < -0.39 is 11.4 Å². The first-order valence-corrected chi connectivity index (χ1v) is 7.95. The van der Waals surface area contributed by atoms with Crippen LogP contribution in [0.2, 0.25) is 0 Å². The van der Waals surface area contributed by atoms with Gasteiger partial charge in [0.2, 0.25) is 5.91 Å². The maximum atomic E-state index is 11.9. The zero-order chi connectivity index (χ0) is 15.3. The number of aliphatic carboxylic acids is 1. The van der Waals surface area contributed by atoms with Crippen LogP contribution in [0.15, 0.2) is 5.38 Å². The molecule has 1 aliphatic heterocycles. The molecule has 0 bridgehead atoms. The molecule has 0 aliphatic carbocycles. The van der Waals surface area contributed by atoms with Crippen LogP contribution in [-0.4, -0.2) is 41.7 Å². The molecule has 1 saturated heterocycles. The maximum Gasteiger partial charge on any atom is 0.311 e. The van der Waals surface area contributed by atoms with Crippen molar-refractivity contribution >= 4 is 23.2 Å². The molecule has 1 aliphatic rings. The van der Waals surface area contributed by atoms with Crippen LogP contribution in [0.5, 0.6) is 0 Å². The Kier molecular flexibility index (Phi) is 5.30. The van der Waals surface area contributed by atoms with E-state index in [-0.39, 0.29) is 18.9 Å². The molecule has 6 nitrogen and oxygen atoms in total. The number of aryl methyl sites for hydroxylation is 1. The summed E-state index contributed by atoms with van der Waals surface area (Å²) in [5, 5.41) is 15.0. The Hall–Kier alpha value is -1.47. The molecule has 0 spiro atoms. The van der Waals surface area contributed by atoms with E-state index in [0.717, 1.165) is 17.1 Å². The highest BCUT2D eigenvalue weighted by atomic mass is 32.1. The predicted molar refractivity (Wildman–Crippen MR) is 78.3 cm³/mol. The molecule has 2 heterocycles. The molecule has 2 rings (SSSR count). The molecule has 0 saturated carbocycles. The number of nitrogens with zero attached hydrogens (tertiary/aromatic N) is 1. The second kappa shape index (κ2) is 7.00. The van der Waals surface area contributed by atoms with E-state index in [4.69, 9.17) is 4.74 Å². The Morgan fingerprint density at radius 2 is 2.19 bits per heavy atom. The fraction of sp³-hybridized carbons (Fsp3) is 0.643. The average Bonchev–Trinajstić information content (AvgIpc) is 2.93. The number of hydrogen-bond donors (Lipinski definition) is 2. The quantitative estimate of drug-likeness (QED) is 0.825. The van der Waals surface area contributed by atoms with Gasteiger partial charge in [-0.1, -0.05) is 6.92 Å². The third-order valence-electron chi connectivity index (χ3n) is 3.77. The molecule has 0 unspecified atom stereocenters. The zero-order valence-electron chi connectivity index (χ0n) is 12.1. The number of nitrogens with one attached hydrogen (secondary N) is 1. The van der Waals surface area contributed by atoms with Gasteiger partial charge >= 0.3 is 5.97 Å². The molecule has 21 heavy (non-hydrogen) atoms. The van der Waals surface area contributed by atoms with Gasteiger partial charge in [0.15, 0.2) is 0 Å². The normalized spacial score (nSPS) is 17.4. The SMILES string of the molecule is CCc1nc(CC(=O)NCC2(C(=O)O)CCOCC2)cs1. The molecule has 0 atom stereocenters. The summed E-state index contributed by atoms with van der Waals surface area (Å²) in [6.45, 7) is 3.02. The molecule has 1 aromatic rings. The van der Waals surface area contributed by atoms with Crippen LogP contribution in [0.3, 0.4) is 0 Å². The monoisotopic (exact) mass is 312 g/mol. The van der Waals surface area contributed by atoms with Crippen LogP contribution in [0.25, 0.3) is 0 Å². The van der Waals surface area contributed by atoms with Gasteiger partial charge in [0.25, 0.3) is 0 Å². The summed E-state index contributed by atoms with van der Waals surface area (Å²) >= 11 is 1.54. The summed E-state index contributed by atoms with van der Waals surface area (Å²) in [6, 6.07) is 0. The van der Waals surface area contributed by atoms with Crippen molar-refractivity contribution in [2.45, 2.75) is 32.6 Å². The molecule has 7 heteroatoms. The molecular weight excluding hydrogens is 292 g/mol. The first-order chi connectivity index (χ1) is 10.1. The van der Waals surface area contributed by atoms with E-state index in [0.29, 0.717) is 26.1 Å². The van der Waals surface area contributed by atoms with Crippen molar-refractivity contribution in [3.63, 3.8) is 0 Å². The molecular formula is C14H20N2O4S. The molecule has 116 valence electrons. The summed E-state index contributed by atoms with van der Waals surface area (Å²) in [5.41, 5.74) is -0.157. The minimum Gasteiger partial charge on any atom is -0.481 e. The minimum atomic E-state index is -0.898. The number of carbonyl (C=O) groups is 2. The number of rotatable bonds is 6. The summed E-state index contributed by atoms with van der Waals surface area (Å²) in [5.74, 6) is -1.05. The Morgan fingerprint density at radius 1 is 1.48 bits per heavy atom. The number of carboxylic acids is 1. The van der Waals surface area contributed by atoms with Crippen molar-refractivity contribution < 1.29 is 19.4 Å². The number of carbonyl (C=O) groups excluding carboxylic acids is 1. The fourth-order valence-electron chi connectivity index (χ4n) is 2.32. The number of carboxylic acid groups (broad SMARTS) is 1. The largest absolute Gasteiger partial charge is 0.481 e. The number of thiazole rings is 1. The van der Waals surface area contributed by atoms with E-state index in [2.05, 4.69) is 10.3 Å². The highest BCUT2D eigenvalue weighted by Crippen LogP contribution is 2.30. The van der Waals surface area contributed by atoms with Gasteiger partial charge in [-0.3, -0.25) is 9.59 Å². The molecule has 1 fully saturated rings. The summed E-state index contributed by atoms with van der Waals surface area (Å²) < 4.78 is 5.21. The van der Waals surface area contributed by atoms with Gasteiger partial charge in [0.1, 0.15) is 0 Å². The van der Waals surface area contributed by atoms with E-state index in [1.54, 1.807) is 11.3 Å². The van der Waals surface area contributed by atoms with Crippen molar-refractivity contribution in [1.82, 2.24) is 10.3 Å². The fourth-order valence-corrected chi connectivity index (χ4v) is 3.06. The van der Waals surface area contributed by atoms with Crippen LogP contribution in [0.1, 0.15) is 30.5 Å². The van der Waals surface area contributed by atoms with Crippen molar-refractivity contribution in [2.24, 2.45) is 5.41 Å². The lowest BCUT2D eigenvalue weighted by Crippen LogP contribution is -2.46. The minimum absolute atomic E-state index is 0.148. The third kappa shape index (κ3) is 4.01. The first-order valence-electron chi connectivity index (χ1n) is 7.07. The second-order valence-corrected chi connectivity index (χ2v) is 6.18. The van der Waals surface area contributed by atoms with Gasteiger partial charge in [-0.2, -0.15) is 0 Å². The highest BCUT2D eigenvalue weighted by molar-refractivity contribution is 7.09. The molecule has 0 aromatic carbocycles. The van der Waals surface area contributed by atoms with Gasteiger partial charge in [-0.15, -0.1) is 11.3 Å². The van der Waals surface area contributed by atoms with Crippen LogP contribution in [0.4, 0.5) is 0 Å². The third-order valence-corrected chi connectivity index (χ3v) is 4.81. The van der Waals surface area contributed by atoms with Gasteiger partial charge < -0.3 is 15.2 Å². The van der Waals surface area contributed by atoms with Crippen molar-refractivity contribution in [1.29, 1.82) is 0 Å². The van der Waals surface area contributed by atoms with Crippen molar-refractivity contribution in [3.05, 3.63) is 16.1 Å². The Bertz CT molecular complexity index is 509. The zero-order valence-corrected chi connectivity index (χ0v) is 12.9. The lowest BCUT2D eigenvalue weighted by Gasteiger charge is -2.33. The lowest BCUT2D eigenvalue weighted by atomic mass is 9.80. The topological polar surface area (TPSA) is 88.5 Å². The molecule has 2 N–H and O–H groups in total. The summed E-state index contributed by atoms with van der Waals surface area (Å²) in [6.07, 6.45) is 1.91. The van der Waals surface area contributed by atoms with E-state index in [9.17, 15) is 14.7 Å². The number of hydrogen-bond acceptors (Lipinski definition) is 5. The van der Waals surface area contributed by atoms with Crippen LogP contribution in [-0.2, 0) is 27.2 Å². The molecule has 0 radical (unpaired) electrons. The van der Waals surface area contributed by atoms with E-state index in [1.807, 2.05) is 12.3 Å².